The van der Waals surface area contributed by atoms with E-state index in [1.54, 1.807) is 0 Å². The van der Waals surface area contributed by atoms with Crippen LogP contribution in [0.25, 0.3) is 27.5 Å². The van der Waals surface area contributed by atoms with Gasteiger partial charge < -0.3 is 9.88 Å². The summed E-state index contributed by atoms with van der Waals surface area (Å²) in [5.74, 6) is 0. The van der Waals surface area contributed by atoms with Crippen molar-refractivity contribution in [1.82, 2.24) is 9.88 Å². The first kappa shape index (κ1) is 17.6. The molecule has 0 fully saturated rings. The molecule has 0 spiro atoms. The maximum Gasteiger partial charge on any atom is 0.156 e. The van der Waals surface area contributed by atoms with E-state index in [1.165, 1.54) is 38.6 Å². The van der Waals surface area contributed by atoms with Crippen LogP contribution in [0.1, 0.15) is 17.2 Å². The predicted molar refractivity (Wildman–Crippen MR) is 125 cm³/mol. The van der Waals surface area contributed by atoms with Crippen LogP contribution in [0.2, 0.25) is 0 Å². The molecule has 4 heteroatoms. The molecular formula is C26H20ClN3. The van der Waals surface area contributed by atoms with Crippen molar-refractivity contribution in [3.8, 4) is 5.69 Å². The molecule has 5 aromatic rings. The normalized spacial score (nSPS) is 18.3. The van der Waals surface area contributed by atoms with Crippen molar-refractivity contribution in [2.75, 3.05) is 5.32 Å². The molecule has 1 aliphatic heterocycles. The number of para-hydroxylation sites is 3. The van der Waals surface area contributed by atoms with E-state index in [4.69, 9.17) is 11.6 Å². The molecule has 2 heterocycles. The Morgan fingerprint density at radius 1 is 0.700 bits per heavy atom. The summed E-state index contributed by atoms with van der Waals surface area (Å²) in [6, 6.07) is 34.3. The summed E-state index contributed by atoms with van der Waals surface area (Å²) in [5.41, 5.74) is 6.76. The van der Waals surface area contributed by atoms with Crippen LogP contribution in [0.4, 0.5) is 5.69 Å². The zero-order valence-corrected chi connectivity index (χ0v) is 17.0. The van der Waals surface area contributed by atoms with Crippen molar-refractivity contribution in [1.29, 1.82) is 0 Å². The summed E-state index contributed by atoms with van der Waals surface area (Å²) in [6.07, 6.45) is 0. The number of halogens is 1. The summed E-state index contributed by atoms with van der Waals surface area (Å²) in [7, 11) is 0. The monoisotopic (exact) mass is 409 g/mol. The molecule has 2 atom stereocenters. The molecule has 1 aromatic heterocycles. The number of nitrogens with zero attached hydrogens (tertiary/aromatic N) is 1. The molecule has 6 rings (SSSR count). The number of alkyl halides is 1. The molecule has 3 nitrogen and oxygen atoms in total. The van der Waals surface area contributed by atoms with Crippen LogP contribution in [-0.4, -0.2) is 10.2 Å². The first-order valence-corrected chi connectivity index (χ1v) is 10.6. The predicted octanol–water partition coefficient (Wildman–Crippen LogP) is 6.41. The number of fused-ring (bicyclic) bond motifs is 4. The second-order valence-electron chi connectivity index (χ2n) is 7.66. The second kappa shape index (κ2) is 6.91. The maximum atomic E-state index is 6.46. The van der Waals surface area contributed by atoms with Gasteiger partial charge in [0.2, 0.25) is 0 Å². The molecule has 30 heavy (non-hydrogen) atoms. The fourth-order valence-corrected chi connectivity index (χ4v) is 4.84. The van der Waals surface area contributed by atoms with Gasteiger partial charge >= 0.3 is 0 Å². The Bertz CT molecular complexity index is 1370. The van der Waals surface area contributed by atoms with Crippen LogP contribution in [0, 0.1) is 0 Å². The molecule has 146 valence electrons. The number of benzene rings is 4. The third-order valence-corrected chi connectivity index (χ3v) is 6.15. The number of nitrogens with one attached hydrogen (secondary N) is 2. The highest BCUT2D eigenvalue weighted by Crippen LogP contribution is 2.37. The minimum Gasteiger partial charge on any atom is -0.357 e. The summed E-state index contributed by atoms with van der Waals surface area (Å²) in [4.78, 5) is 0. The van der Waals surface area contributed by atoms with E-state index in [2.05, 4.69) is 106 Å². The van der Waals surface area contributed by atoms with E-state index in [1.807, 2.05) is 6.07 Å². The largest absolute Gasteiger partial charge is 0.357 e. The molecule has 2 N–H and O–H groups in total. The van der Waals surface area contributed by atoms with Crippen LogP contribution in [0.3, 0.4) is 0 Å². The Labute approximate surface area is 179 Å². The SMILES string of the molecule is ClC1Nc2ccccc2C(c2ccc3c(c2)c2ccccc2n3-c2ccccc2)N1. The Kier molecular flexibility index (Phi) is 4.05. The van der Waals surface area contributed by atoms with Crippen LogP contribution < -0.4 is 10.6 Å². The van der Waals surface area contributed by atoms with Gasteiger partial charge in [-0.1, -0.05) is 72.3 Å². The molecule has 0 radical (unpaired) electrons. The summed E-state index contributed by atoms with van der Waals surface area (Å²) >= 11 is 6.46. The highest BCUT2D eigenvalue weighted by atomic mass is 35.5. The molecule has 0 saturated carbocycles. The van der Waals surface area contributed by atoms with Crippen LogP contribution in [0.5, 0.6) is 0 Å². The van der Waals surface area contributed by atoms with E-state index >= 15 is 0 Å². The van der Waals surface area contributed by atoms with Gasteiger partial charge in [-0.05, 0) is 47.5 Å². The first-order chi connectivity index (χ1) is 14.8. The third kappa shape index (κ3) is 2.71. The number of rotatable bonds is 2. The zero-order valence-electron chi connectivity index (χ0n) is 16.2. The van der Waals surface area contributed by atoms with Gasteiger partial charge in [-0.15, -0.1) is 0 Å². The fourth-order valence-electron chi connectivity index (χ4n) is 4.60. The molecule has 2 unspecified atom stereocenters. The molecule has 0 saturated heterocycles. The molecule has 0 amide bonds. The van der Waals surface area contributed by atoms with Gasteiger partial charge in [-0.2, -0.15) is 0 Å². The van der Waals surface area contributed by atoms with Crippen molar-refractivity contribution in [2.45, 2.75) is 11.7 Å². The quantitative estimate of drug-likeness (QED) is 0.260. The van der Waals surface area contributed by atoms with Crippen molar-refractivity contribution in [2.24, 2.45) is 0 Å². The lowest BCUT2D eigenvalue weighted by atomic mass is 9.94. The lowest BCUT2D eigenvalue weighted by molar-refractivity contribution is 0.583. The Balaban J connectivity index is 1.59. The van der Waals surface area contributed by atoms with Crippen molar-refractivity contribution >= 4 is 39.1 Å². The lowest BCUT2D eigenvalue weighted by Crippen LogP contribution is -2.39. The highest BCUT2D eigenvalue weighted by Gasteiger charge is 2.26. The fraction of sp³-hybridized carbons (Fsp3) is 0.0769. The number of anilines is 1. The number of aromatic nitrogens is 1. The van der Waals surface area contributed by atoms with Crippen molar-refractivity contribution in [3.05, 3.63) is 108 Å². The number of hydrogen-bond acceptors (Lipinski definition) is 2. The first-order valence-electron chi connectivity index (χ1n) is 10.1. The Morgan fingerprint density at radius 2 is 1.43 bits per heavy atom. The van der Waals surface area contributed by atoms with Gasteiger partial charge in [0.1, 0.15) is 0 Å². The van der Waals surface area contributed by atoms with E-state index in [0.717, 1.165) is 5.69 Å². The van der Waals surface area contributed by atoms with Crippen LogP contribution >= 0.6 is 11.6 Å². The Morgan fingerprint density at radius 3 is 2.33 bits per heavy atom. The van der Waals surface area contributed by atoms with Crippen LogP contribution in [-0.2, 0) is 0 Å². The van der Waals surface area contributed by atoms with Crippen LogP contribution in [0.15, 0.2) is 97.1 Å². The van der Waals surface area contributed by atoms with E-state index in [0.29, 0.717) is 0 Å². The topological polar surface area (TPSA) is 29.0 Å². The zero-order chi connectivity index (χ0) is 20.1. The minimum absolute atomic E-state index is 0.0354. The van der Waals surface area contributed by atoms with Crippen molar-refractivity contribution < 1.29 is 0 Å². The minimum atomic E-state index is -0.314. The molecular weight excluding hydrogens is 390 g/mol. The highest BCUT2D eigenvalue weighted by molar-refractivity contribution is 6.21. The standard InChI is InChI=1S/C26H20ClN3/c27-26-28-22-12-6-4-11-20(22)25(29-26)17-14-15-24-21(16-17)19-10-5-7-13-23(19)30(24)18-8-2-1-3-9-18/h1-16,25-26,28-29H. The van der Waals surface area contributed by atoms with E-state index in [9.17, 15) is 0 Å². The van der Waals surface area contributed by atoms with E-state index < -0.39 is 0 Å². The maximum absolute atomic E-state index is 6.46. The van der Waals surface area contributed by atoms with Gasteiger partial charge in [0.25, 0.3) is 0 Å². The molecule has 0 aliphatic carbocycles. The van der Waals surface area contributed by atoms with Gasteiger partial charge in [0, 0.05) is 22.1 Å². The average Bonchev–Trinajstić information content (AvgIpc) is 3.13. The third-order valence-electron chi connectivity index (χ3n) is 5.91. The van der Waals surface area contributed by atoms with Gasteiger partial charge in [0.05, 0.1) is 17.1 Å². The average molecular weight is 410 g/mol. The van der Waals surface area contributed by atoms with Gasteiger partial charge in [-0.25, -0.2) is 0 Å². The Hall–Kier alpha value is -3.27. The smallest absolute Gasteiger partial charge is 0.156 e. The van der Waals surface area contributed by atoms with E-state index in [-0.39, 0.29) is 11.7 Å². The molecule has 1 aliphatic rings. The second-order valence-corrected chi connectivity index (χ2v) is 8.09. The summed E-state index contributed by atoms with van der Waals surface area (Å²) in [6.45, 7) is 0. The lowest BCUT2D eigenvalue weighted by Gasteiger charge is -2.32. The van der Waals surface area contributed by atoms with Gasteiger partial charge in [-0.3, -0.25) is 5.32 Å². The number of hydrogen-bond donors (Lipinski definition) is 2. The summed E-state index contributed by atoms with van der Waals surface area (Å²) in [5, 5.41) is 9.29. The molecule has 0 bridgehead atoms. The molecule has 4 aromatic carbocycles. The van der Waals surface area contributed by atoms with Crippen molar-refractivity contribution in [3.63, 3.8) is 0 Å². The van der Waals surface area contributed by atoms with Gasteiger partial charge in [0.15, 0.2) is 5.62 Å². The summed E-state index contributed by atoms with van der Waals surface area (Å²) < 4.78 is 2.34.